The first-order chi connectivity index (χ1) is 9.16. The van der Waals surface area contributed by atoms with Crippen molar-refractivity contribution in [1.29, 1.82) is 0 Å². The lowest BCUT2D eigenvalue weighted by atomic mass is 10.1. The van der Waals surface area contributed by atoms with Gasteiger partial charge in [0.2, 0.25) is 0 Å². The van der Waals surface area contributed by atoms with Crippen molar-refractivity contribution in [2.24, 2.45) is 5.92 Å². The summed E-state index contributed by atoms with van der Waals surface area (Å²) in [7, 11) is 0. The molecule has 4 heteroatoms. The largest absolute Gasteiger partial charge is 0.316 e. The van der Waals surface area contributed by atoms with E-state index in [2.05, 4.69) is 36.1 Å². The third-order valence-corrected chi connectivity index (χ3v) is 4.88. The summed E-state index contributed by atoms with van der Waals surface area (Å²) in [6, 6.07) is 0. The molecule has 106 valence electrons. The highest BCUT2D eigenvalue weighted by atomic mass is 32.2. The maximum absolute atomic E-state index is 4.53. The molecule has 1 N–H and O–H groups in total. The van der Waals surface area contributed by atoms with E-state index in [0.717, 1.165) is 34.8 Å². The number of rotatable bonds is 6. The van der Waals surface area contributed by atoms with Gasteiger partial charge in [0, 0.05) is 23.7 Å². The lowest BCUT2D eigenvalue weighted by molar-refractivity contribution is 0.500. The van der Waals surface area contributed by atoms with Gasteiger partial charge in [0.1, 0.15) is 0 Å². The highest BCUT2D eigenvalue weighted by Crippen LogP contribution is 2.23. The van der Waals surface area contributed by atoms with Crippen LogP contribution >= 0.6 is 11.8 Å². The van der Waals surface area contributed by atoms with Gasteiger partial charge in [-0.15, -0.1) is 0 Å². The van der Waals surface area contributed by atoms with E-state index in [0.29, 0.717) is 0 Å². The van der Waals surface area contributed by atoms with Gasteiger partial charge in [-0.05, 0) is 51.6 Å². The Balaban J connectivity index is 1.67. The third kappa shape index (κ3) is 4.46. The van der Waals surface area contributed by atoms with Gasteiger partial charge in [-0.3, -0.25) is 0 Å². The number of aryl methyl sites for hydroxylation is 2. The lowest BCUT2D eigenvalue weighted by Gasteiger charge is -2.10. The molecule has 0 bridgehead atoms. The third-order valence-electron chi connectivity index (χ3n) is 4.03. The van der Waals surface area contributed by atoms with E-state index in [1.165, 1.54) is 37.8 Å². The van der Waals surface area contributed by atoms with Crippen LogP contribution in [-0.2, 0) is 0 Å². The quantitative estimate of drug-likeness (QED) is 0.493. The van der Waals surface area contributed by atoms with Gasteiger partial charge in [-0.25, -0.2) is 9.97 Å². The normalized spacial score (nSPS) is 16.2. The molecule has 0 aromatic carbocycles. The molecule has 0 saturated heterocycles. The van der Waals surface area contributed by atoms with Crippen LogP contribution < -0.4 is 5.32 Å². The standard InChI is InChI=1S/C15H25N3S/c1-11-12(2)17-15(18-13(11)3)19-9-8-16-10-14-6-4-5-7-14/h14,16H,4-10H2,1-3H3. The first-order valence-corrected chi connectivity index (χ1v) is 8.30. The number of thioether (sulfide) groups is 1. The minimum atomic E-state index is 0.920. The number of nitrogens with zero attached hydrogens (tertiary/aromatic N) is 2. The van der Waals surface area contributed by atoms with E-state index in [-0.39, 0.29) is 0 Å². The van der Waals surface area contributed by atoms with Crippen LogP contribution in [0.5, 0.6) is 0 Å². The Labute approximate surface area is 121 Å². The van der Waals surface area contributed by atoms with Crippen LogP contribution in [-0.4, -0.2) is 28.8 Å². The van der Waals surface area contributed by atoms with Crippen molar-refractivity contribution in [3.63, 3.8) is 0 Å². The van der Waals surface area contributed by atoms with Crippen molar-refractivity contribution >= 4 is 11.8 Å². The Hall–Kier alpha value is -0.610. The molecule has 0 atom stereocenters. The van der Waals surface area contributed by atoms with E-state index in [4.69, 9.17) is 0 Å². The molecule has 0 aliphatic heterocycles. The minimum absolute atomic E-state index is 0.920. The molecule has 2 rings (SSSR count). The first kappa shape index (κ1) is 14.8. The molecule has 0 amide bonds. The molecule has 1 aromatic heterocycles. The Morgan fingerprint density at radius 3 is 2.37 bits per heavy atom. The molecular formula is C15H25N3S. The van der Waals surface area contributed by atoms with Crippen molar-refractivity contribution in [2.45, 2.75) is 51.6 Å². The fourth-order valence-electron chi connectivity index (χ4n) is 2.54. The summed E-state index contributed by atoms with van der Waals surface area (Å²) in [5.41, 5.74) is 3.42. The van der Waals surface area contributed by atoms with Crippen molar-refractivity contribution in [2.75, 3.05) is 18.8 Å². The van der Waals surface area contributed by atoms with Gasteiger partial charge >= 0.3 is 0 Å². The molecule has 19 heavy (non-hydrogen) atoms. The molecule has 1 aromatic rings. The summed E-state index contributed by atoms with van der Waals surface area (Å²) in [4.78, 5) is 9.07. The van der Waals surface area contributed by atoms with Crippen molar-refractivity contribution in [1.82, 2.24) is 15.3 Å². The molecule has 1 heterocycles. The summed E-state index contributed by atoms with van der Waals surface area (Å²) in [6.07, 6.45) is 5.69. The highest BCUT2D eigenvalue weighted by Gasteiger charge is 2.13. The second-order valence-corrected chi connectivity index (χ2v) is 6.57. The Kier molecular flexibility index (Phi) is 5.64. The van der Waals surface area contributed by atoms with Crippen LogP contribution in [0.1, 0.15) is 42.6 Å². The summed E-state index contributed by atoms with van der Waals surface area (Å²) in [5.74, 6) is 1.97. The second-order valence-electron chi connectivity index (χ2n) is 5.51. The van der Waals surface area contributed by atoms with Gasteiger partial charge in [0.15, 0.2) is 5.16 Å². The highest BCUT2D eigenvalue weighted by molar-refractivity contribution is 7.99. The summed E-state index contributed by atoms with van der Waals surface area (Å²) in [6.45, 7) is 8.45. The van der Waals surface area contributed by atoms with Crippen molar-refractivity contribution in [3.05, 3.63) is 17.0 Å². The average molecular weight is 279 g/mol. The molecule has 1 fully saturated rings. The summed E-state index contributed by atoms with van der Waals surface area (Å²) in [5, 5.41) is 4.48. The van der Waals surface area contributed by atoms with Crippen LogP contribution in [0.15, 0.2) is 5.16 Å². The maximum atomic E-state index is 4.53. The molecule has 0 radical (unpaired) electrons. The van der Waals surface area contributed by atoms with E-state index in [1.54, 1.807) is 11.8 Å². The van der Waals surface area contributed by atoms with E-state index >= 15 is 0 Å². The van der Waals surface area contributed by atoms with Gasteiger partial charge in [0.05, 0.1) is 0 Å². The molecule has 0 unspecified atom stereocenters. The van der Waals surface area contributed by atoms with Crippen LogP contribution in [0.4, 0.5) is 0 Å². The van der Waals surface area contributed by atoms with Crippen LogP contribution in [0.2, 0.25) is 0 Å². The zero-order chi connectivity index (χ0) is 13.7. The number of hydrogen-bond acceptors (Lipinski definition) is 4. The van der Waals surface area contributed by atoms with Crippen molar-refractivity contribution < 1.29 is 0 Å². The zero-order valence-electron chi connectivity index (χ0n) is 12.3. The lowest BCUT2D eigenvalue weighted by Crippen LogP contribution is -2.23. The molecule has 1 aliphatic rings. The Morgan fingerprint density at radius 1 is 1.11 bits per heavy atom. The second kappa shape index (κ2) is 7.25. The maximum Gasteiger partial charge on any atom is 0.188 e. The molecule has 0 spiro atoms. The SMILES string of the molecule is Cc1nc(SCCNCC2CCCC2)nc(C)c1C. The fourth-order valence-corrected chi connectivity index (χ4v) is 3.37. The molecule has 3 nitrogen and oxygen atoms in total. The summed E-state index contributed by atoms with van der Waals surface area (Å²) >= 11 is 1.76. The first-order valence-electron chi connectivity index (χ1n) is 7.32. The Bertz CT molecular complexity index is 391. The Morgan fingerprint density at radius 2 is 1.74 bits per heavy atom. The molecule has 1 aliphatic carbocycles. The van der Waals surface area contributed by atoms with Crippen molar-refractivity contribution in [3.8, 4) is 0 Å². The zero-order valence-corrected chi connectivity index (χ0v) is 13.1. The van der Waals surface area contributed by atoms with E-state index in [9.17, 15) is 0 Å². The fraction of sp³-hybridized carbons (Fsp3) is 0.733. The van der Waals surface area contributed by atoms with Gasteiger partial charge in [0.25, 0.3) is 0 Å². The molecule has 1 saturated carbocycles. The predicted molar refractivity (Wildman–Crippen MR) is 81.8 cm³/mol. The van der Waals surface area contributed by atoms with E-state index in [1.807, 2.05) is 0 Å². The van der Waals surface area contributed by atoms with Gasteiger partial charge < -0.3 is 5.32 Å². The topological polar surface area (TPSA) is 37.8 Å². The van der Waals surface area contributed by atoms with Gasteiger partial charge in [-0.1, -0.05) is 24.6 Å². The number of aromatic nitrogens is 2. The monoisotopic (exact) mass is 279 g/mol. The average Bonchev–Trinajstić information content (AvgIpc) is 2.88. The minimum Gasteiger partial charge on any atom is -0.316 e. The van der Waals surface area contributed by atoms with Gasteiger partial charge in [-0.2, -0.15) is 0 Å². The number of nitrogens with one attached hydrogen (secondary N) is 1. The van der Waals surface area contributed by atoms with E-state index < -0.39 is 0 Å². The smallest absolute Gasteiger partial charge is 0.188 e. The summed E-state index contributed by atoms with van der Waals surface area (Å²) < 4.78 is 0. The van der Waals surface area contributed by atoms with Crippen LogP contribution in [0, 0.1) is 26.7 Å². The number of hydrogen-bond donors (Lipinski definition) is 1. The van der Waals surface area contributed by atoms with Crippen LogP contribution in [0.3, 0.4) is 0 Å². The van der Waals surface area contributed by atoms with Crippen LogP contribution in [0.25, 0.3) is 0 Å². The molecular weight excluding hydrogens is 254 g/mol. The predicted octanol–water partition coefficient (Wildman–Crippen LogP) is 3.27.